The van der Waals surface area contributed by atoms with Gasteiger partial charge in [-0.3, -0.25) is 0 Å². The molecule has 3 rings (SSSR count). The zero-order chi connectivity index (χ0) is 10.3. The van der Waals surface area contributed by atoms with Gasteiger partial charge < -0.3 is 4.74 Å². The number of hydrogen-bond donors (Lipinski definition) is 0. The molecule has 0 heterocycles. The van der Waals surface area contributed by atoms with Gasteiger partial charge in [0.05, 0.1) is 5.02 Å². The van der Waals surface area contributed by atoms with Gasteiger partial charge in [-0.05, 0) is 49.7 Å². The van der Waals surface area contributed by atoms with E-state index in [1.54, 1.807) is 0 Å². The Balaban J connectivity index is 1.72. The minimum absolute atomic E-state index is 0.420. The van der Waals surface area contributed by atoms with Gasteiger partial charge in [0.2, 0.25) is 0 Å². The summed E-state index contributed by atoms with van der Waals surface area (Å²) in [7, 11) is 0. The lowest BCUT2D eigenvalue weighted by Crippen LogP contribution is -2.23. The minimum Gasteiger partial charge on any atom is -0.489 e. The highest BCUT2D eigenvalue weighted by Crippen LogP contribution is 2.50. The second-order valence-corrected chi connectivity index (χ2v) is 5.08. The van der Waals surface area contributed by atoms with Crippen molar-refractivity contribution >= 4 is 11.6 Å². The second-order valence-electron chi connectivity index (χ2n) is 4.68. The van der Waals surface area contributed by atoms with Crippen molar-refractivity contribution in [2.24, 2.45) is 11.8 Å². The Kier molecular flexibility index (Phi) is 2.36. The van der Waals surface area contributed by atoms with Crippen molar-refractivity contribution < 1.29 is 4.74 Å². The summed E-state index contributed by atoms with van der Waals surface area (Å²) in [6, 6.07) is 7.78. The van der Waals surface area contributed by atoms with Gasteiger partial charge in [-0.1, -0.05) is 23.7 Å². The molecule has 3 unspecified atom stereocenters. The molecule has 0 spiro atoms. The van der Waals surface area contributed by atoms with Crippen molar-refractivity contribution in [3.05, 3.63) is 29.3 Å². The molecule has 15 heavy (non-hydrogen) atoms. The summed E-state index contributed by atoms with van der Waals surface area (Å²) >= 11 is 6.08. The lowest BCUT2D eigenvalue weighted by molar-refractivity contribution is 0.141. The fraction of sp³-hybridized carbons (Fsp3) is 0.538. The van der Waals surface area contributed by atoms with Crippen LogP contribution in [-0.2, 0) is 0 Å². The summed E-state index contributed by atoms with van der Waals surface area (Å²) in [6.45, 7) is 0. The molecule has 2 heteroatoms. The van der Waals surface area contributed by atoms with E-state index in [9.17, 15) is 0 Å². The molecular formula is C13H15ClO. The minimum atomic E-state index is 0.420. The van der Waals surface area contributed by atoms with E-state index in [2.05, 4.69) is 0 Å². The number of para-hydroxylation sites is 1. The highest BCUT2D eigenvalue weighted by molar-refractivity contribution is 6.32. The molecule has 0 radical (unpaired) electrons. The lowest BCUT2D eigenvalue weighted by atomic mass is 9.98. The average molecular weight is 223 g/mol. The fourth-order valence-electron chi connectivity index (χ4n) is 2.70. The highest BCUT2D eigenvalue weighted by atomic mass is 35.5. The Morgan fingerprint density at radius 1 is 1.20 bits per heavy atom. The molecule has 1 aromatic rings. The number of hydrogen-bond acceptors (Lipinski definition) is 1. The molecular weight excluding hydrogens is 208 g/mol. The molecule has 0 amide bonds. The first-order valence-corrected chi connectivity index (χ1v) is 6.13. The standard InChI is InChI=1S/C13H15ClO/c14-11-5-1-2-6-13(11)15-12-7-3-4-9-8-10(9)12/h1-2,5-6,9-10,12H,3-4,7-8H2. The summed E-state index contributed by atoms with van der Waals surface area (Å²) in [5.41, 5.74) is 0. The quantitative estimate of drug-likeness (QED) is 0.737. The highest BCUT2D eigenvalue weighted by Gasteiger charge is 2.46. The van der Waals surface area contributed by atoms with Crippen molar-refractivity contribution in [2.45, 2.75) is 31.8 Å². The van der Waals surface area contributed by atoms with Crippen LogP contribution in [0.15, 0.2) is 24.3 Å². The van der Waals surface area contributed by atoms with Gasteiger partial charge in [0.15, 0.2) is 0 Å². The zero-order valence-corrected chi connectivity index (χ0v) is 9.41. The Bertz CT molecular complexity index is 363. The van der Waals surface area contributed by atoms with Crippen LogP contribution in [0.25, 0.3) is 0 Å². The molecule has 2 fully saturated rings. The molecule has 2 aliphatic rings. The van der Waals surface area contributed by atoms with Gasteiger partial charge in [-0.2, -0.15) is 0 Å². The number of rotatable bonds is 2. The predicted molar refractivity (Wildman–Crippen MR) is 61.3 cm³/mol. The number of ether oxygens (including phenoxy) is 1. The fourth-order valence-corrected chi connectivity index (χ4v) is 2.88. The van der Waals surface area contributed by atoms with Crippen LogP contribution in [0.4, 0.5) is 0 Å². The molecule has 3 atom stereocenters. The Labute approximate surface area is 95.4 Å². The topological polar surface area (TPSA) is 9.23 Å². The van der Waals surface area contributed by atoms with E-state index < -0.39 is 0 Å². The summed E-state index contributed by atoms with van der Waals surface area (Å²) < 4.78 is 6.01. The van der Waals surface area contributed by atoms with Gasteiger partial charge >= 0.3 is 0 Å². The van der Waals surface area contributed by atoms with Gasteiger partial charge in [-0.15, -0.1) is 0 Å². The van der Waals surface area contributed by atoms with E-state index in [0.717, 1.165) is 22.6 Å². The van der Waals surface area contributed by atoms with E-state index in [4.69, 9.17) is 16.3 Å². The number of benzene rings is 1. The summed E-state index contributed by atoms with van der Waals surface area (Å²) in [6.07, 6.45) is 5.72. The average Bonchev–Trinajstić information content (AvgIpc) is 3.01. The molecule has 0 saturated heterocycles. The van der Waals surface area contributed by atoms with E-state index in [1.807, 2.05) is 24.3 Å². The van der Waals surface area contributed by atoms with Gasteiger partial charge in [0.25, 0.3) is 0 Å². The SMILES string of the molecule is Clc1ccccc1OC1CCCC2CC21. The summed E-state index contributed by atoms with van der Waals surface area (Å²) in [5, 5.41) is 0.736. The maximum Gasteiger partial charge on any atom is 0.138 e. The van der Waals surface area contributed by atoms with E-state index >= 15 is 0 Å². The summed E-state index contributed by atoms with van der Waals surface area (Å²) in [4.78, 5) is 0. The molecule has 0 aliphatic heterocycles. The van der Waals surface area contributed by atoms with Crippen LogP contribution in [0.3, 0.4) is 0 Å². The smallest absolute Gasteiger partial charge is 0.138 e. The summed E-state index contributed by atoms with van der Waals surface area (Å²) in [5.74, 6) is 2.62. The van der Waals surface area contributed by atoms with Crippen LogP contribution in [-0.4, -0.2) is 6.10 Å². The number of fused-ring (bicyclic) bond motifs is 1. The Morgan fingerprint density at radius 2 is 2.07 bits per heavy atom. The maximum atomic E-state index is 6.08. The molecule has 1 aromatic carbocycles. The molecule has 2 aliphatic carbocycles. The Morgan fingerprint density at radius 3 is 2.93 bits per heavy atom. The molecule has 1 nitrogen and oxygen atoms in total. The largest absolute Gasteiger partial charge is 0.489 e. The predicted octanol–water partition coefficient (Wildman–Crippen LogP) is 3.91. The third-order valence-corrected chi connectivity index (χ3v) is 3.95. The normalized spacial score (nSPS) is 33.3. The van der Waals surface area contributed by atoms with E-state index in [-0.39, 0.29) is 0 Å². The maximum absolute atomic E-state index is 6.08. The zero-order valence-electron chi connectivity index (χ0n) is 8.66. The van der Waals surface area contributed by atoms with Gasteiger partial charge in [0.1, 0.15) is 11.9 Å². The van der Waals surface area contributed by atoms with Crippen LogP contribution in [0.1, 0.15) is 25.7 Å². The van der Waals surface area contributed by atoms with Crippen LogP contribution >= 0.6 is 11.6 Å². The van der Waals surface area contributed by atoms with E-state index in [1.165, 1.54) is 25.7 Å². The molecule has 0 bridgehead atoms. The Hall–Kier alpha value is -0.690. The molecule has 0 aromatic heterocycles. The van der Waals surface area contributed by atoms with Crippen molar-refractivity contribution in [1.82, 2.24) is 0 Å². The first-order chi connectivity index (χ1) is 7.34. The van der Waals surface area contributed by atoms with Gasteiger partial charge in [0, 0.05) is 0 Å². The second kappa shape index (κ2) is 3.71. The van der Waals surface area contributed by atoms with Gasteiger partial charge in [-0.25, -0.2) is 0 Å². The van der Waals surface area contributed by atoms with Crippen LogP contribution in [0, 0.1) is 11.8 Å². The van der Waals surface area contributed by atoms with Crippen LogP contribution in [0.5, 0.6) is 5.75 Å². The molecule has 2 saturated carbocycles. The molecule has 80 valence electrons. The molecule has 0 N–H and O–H groups in total. The van der Waals surface area contributed by atoms with Crippen molar-refractivity contribution in [1.29, 1.82) is 0 Å². The van der Waals surface area contributed by atoms with Crippen LogP contribution in [0.2, 0.25) is 5.02 Å². The van der Waals surface area contributed by atoms with Crippen LogP contribution < -0.4 is 4.74 Å². The van der Waals surface area contributed by atoms with Crippen molar-refractivity contribution in [3.8, 4) is 5.75 Å². The van der Waals surface area contributed by atoms with Crippen molar-refractivity contribution in [2.75, 3.05) is 0 Å². The first-order valence-electron chi connectivity index (χ1n) is 5.76. The third kappa shape index (κ3) is 1.85. The third-order valence-electron chi connectivity index (χ3n) is 3.63. The number of halogens is 1. The van der Waals surface area contributed by atoms with E-state index in [0.29, 0.717) is 6.10 Å². The monoisotopic (exact) mass is 222 g/mol. The first kappa shape index (κ1) is 9.53. The van der Waals surface area contributed by atoms with Crippen molar-refractivity contribution in [3.63, 3.8) is 0 Å². The lowest BCUT2D eigenvalue weighted by Gasteiger charge is -2.23.